The molecular weight excluding hydrogens is 304 g/mol. The Hall–Kier alpha value is -3.06. The van der Waals surface area contributed by atoms with E-state index in [1.54, 1.807) is 24.9 Å². The summed E-state index contributed by atoms with van der Waals surface area (Å²) in [6.07, 6.45) is 6.96. The maximum absolute atomic E-state index is 12.5. The molecule has 3 heterocycles. The Kier molecular flexibility index (Phi) is 4.93. The van der Waals surface area contributed by atoms with Crippen LogP contribution < -0.4 is 11.1 Å². The highest BCUT2D eigenvalue weighted by Crippen LogP contribution is 2.18. The fourth-order valence-electron chi connectivity index (χ4n) is 2.37. The summed E-state index contributed by atoms with van der Waals surface area (Å²) in [5.41, 5.74) is 8.24. The quantitative estimate of drug-likeness (QED) is 0.626. The Bertz CT molecular complexity index is 721. The SMILES string of the molecule is NC(Cc1cnc[nH]1)C(=O)NC(c1ccccn1)c1ccccn1. The van der Waals surface area contributed by atoms with Crippen LogP contribution >= 0.6 is 0 Å². The summed E-state index contributed by atoms with van der Waals surface area (Å²) < 4.78 is 0. The van der Waals surface area contributed by atoms with Crippen LogP contribution in [0.15, 0.2) is 61.3 Å². The zero-order valence-electron chi connectivity index (χ0n) is 13.0. The van der Waals surface area contributed by atoms with Crippen LogP contribution in [0, 0.1) is 0 Å². The summed E-state index contributed by atoms with van der Waals surface area (Å²) in [6.45, 7) is 0. The highest BCUT2D eigenvalue weighted by Gasteiger charge is 2.23. The lowest BCUT2D eigenvalue weighted by molar-refractivity contribution is -0.122. The average Bonchev–Trinajstić information content (AvgIpc) is 3.14. The molecule has 0 saturated heterocycles. The van der Waals surface area contributed by atoms with Crippen LogP contribution in [0.2, 0.25) is 0 Å². The second-order valence-corrected chi connectivity index (χ2v) is 5.34. The third kappa shape index (κ3) is 3.82. The van der Waals surface area contributed by atoms with Crippen LogP contribution in [0.5, 0.6) is 0 Å². The van der Waals surface area contributed by atoms with E-state index >= 15 is 0 Å². The van der Waals surface area contributed by atoms with Crippen LogP contribution in [0.4, 0.5) is 0 Å². The molecule has 0 spiro atoms. The van der Waals surface area contributed by atoms with Crippen molar-refractivity contribution in [2.24, 2.45) is 5.73 Å². The Balaban J connectivity index is 1.78. The molecule has 3 rings (SSSR count). The number of amides is 1. The van der Waals surface area contributed by atoms with E-state index in [-0.39, 0.29) is 5.91 Å². The molecule has 4 N–H and O–H groups in total. The Morgan fingerprint density at radius 3 is 2.29 bits per heavy atom. The Morgan fingerprint density at radius 1 is 1.12 bits per heavy atom. The topological polar surface area (TPSA) is 110 Å². The molecule has 0 aliphatic heterocycles. The van der Waals surface area contributed by atoms with Crippen LogP contribution in [-0.4, -0.2) is 31.9 Å². The van der Waals surface area contributed by atoms with Crippen LogP contribution in [0.3, 0.4) is 0 Å². The summed E-state index contributed by atoms with van der Waals surface area (Å²) in [5.74, 6) is -0.272. The third-order valence-electron chi connectivity index (χ3n) is 3.59. The maximum Gasteiger partial charge on any atom is 0.238 e. The molecule has 0 radical (unpaired) electrons. The smallest absolute Gasteiger partial charge is 0.238 e. The molecule has 0 saturated carbocycles. The number of carbonyl (C=O) groups is 1. The summed E-state index contributed by atoms with van der Waals surface area (Å²) >= 11 is 0. The zero-order chi connectivity index (χ0) is 16.8. The molecule has 24 heavy (non-hydrogen) atoms. The number of imidazole rings is 1. The number of carbonyl (C=O) groups excluding carboxylic acids is 1. The van der Waals surface area contributed by atoms with E-state index in [4.69, 9.17) is 5.73 Å². The molecule has 0 aromatic carbocycles. The van der Waals surface area contributed by atoms with Gasteiger partial charge in [-0.1, -0.05) is 12.1 Å². The van der Waals surface area contributed by atoms with E-state index in [0.29, 0.717) is 17.8 Å². The van der Waals surface area contributed by atoms with Gasteiger partial charge in [0.2, 0.25) is 5.91 Å². The second-order valence-electron chi connectivity index (χ2n) is 5.34. The van der Waals surface area contributed by atoms with Gasteiger partial charge in [-0.05, 0) is 24.3 Å². The van der Waals surface area contributed by atoms with Gasteiger partial charge in [0, 0.05) is 30.7 Å². The lowest BCUT2D eigenvalue weighted by Gasteiger charge is -2.20. The average molecular weight is 322 g/mol. The predicted octanol–water partition coefficient (Wildman–Crippen LogP) is 0.975. The molecular formula is C17H18N6O. The second kappa shape index (κ2) is 7.47. The van der Waals surface area contributed by atoms with Crippen molar-refractivity contribution in [1.29, 1.82) is 0 Å². The lowest BCUT2D eigenvalue weighted by Crippen LogP contribution is -2.44. The van der Waals surface area contributed by atoms with E-state index in [9.17, 15) is 4.79 Å². The monoisotopic (exact) mass is 322 g/mol. The molecule has 0 aliphatic rings. The zero-order valence-corrected chi connectivity index (χ0v) is 13.0. The first-order valence-corrected chi connectivity index (χ1v) is 7.59. The van der Waals surface area contributed by atoms with Crippen molar-refractivity contribution in [2.75, 3.05) is 0 Å². The summed E-state index contributed by atoms with van der Waals surface area (Å²) in [5, 5.41) is 2.94. The number of nitrogens with zero attached hydrogens (tertiary/aromatic N) is 3. The first kappa shape index (κ1) is 15.8. The first-order chi connectivity index (χ1) is 11.7. The van der Waals surface area contributed by atoms with Gasteiger partial charge in [0.15, 0.2) is 0 Å². The van der Waals surface area contributed by atoms with Gasteiger partial charge in [0.1, 0.15) is 6.04 Å². The molecule has 7 heteroatoms. The van der Waals surface area contributed by atoms with Gasteiger partial charge in [-0.2, -0.15) is 0 Å². The number of H-pyrrole nitrogens is 1. The standard InChI is InChI=1S/C17H18N6O/c18-13(9-12-10-19-11-22-12)17(24)23-16(14-5-1-3-7-20-14)15-6-2-4-8-21-15/h1-8,10-11,13,16H,9,18H2,(H,19,22)(H,23,24). The minimum Gasteiger partial charge on any atom is -0.348 e. The molecule has 0 aliphatic carbocycles. The normalized spacial score (nSPS) is 12.1. The van der Waals surface area contributed by atoms with Crippen molar-refractivity contribution in [3.8, 4) is 0 Å². The van der Waals surface area contributed by atoms with E-state index in [1.165, 1.54) is 0 Å². The number of rotatable bonds is 6. The summed E-state index contributed by atoms with van der Waals surface area (Å²) in [4.78, 5) is 28.0. The van der Waals surface area contributed by atoms with E-state index < -0.39 is 12.1 Å². The van der Waals surface area contributed by atoms with Gasteiger partial charge < -0.3 is 16.0 Å². The number of nitrogens with one attached hydrogen (secondary N) is 2. The molecule has 1 amide bonds. The first-order valence-electron chi connectivity index (χ1n) is 7.59. The fraction of sp³-hybridized carbons (Fsp3) is 0.176. The van der Waals surface area contributed by atoms with Crippen LogP contribution in [-0.2, 0) is 11.2 Å². The molecule has 3 aromatic rings. The van der Waals surface area contributed by atoms with Gasteiger partial charge in [0.25, 0.3) is 0 Å². The number of hydrogen-bond donors (Lipinski definition) is 3. The number of aromatic amines is 1. The minimum absolute atomic E-state index is 0.272. The number of pyridine rings is 2. The molecule has 1 unspecified atom stereocenters. The van der Waals surface area contributed by atoms with Gasteiger partial charge in [-0.15, -0.1) is 0 Å². The Morgan fingerprint density at radius 2 is 1.79 bits per heavy atom. The largest absolute Gasteiger partial charge is 0.348 e. The van der Waals surface area contributed by atoms with Gasteiger partial charge in [-0.25, -0.2) is 4.98 Å². The molecule has 7 nitrogen and oxygen atoms in total. The lowest BCUT2D eigenvalue weighted by atomic mass is 10.1. The number of hydrogen-bond acceptors (Lipinski definition) is 5. The van der Waals surface area contributed by atoms with Crippen molar-refractivity contribution in [3.05, 3.63) is 78.4 Å². The molecule has 3 aromatic heterocycles. The van der Waals surface area contributed by atoms with E-state index in [0.717, 1.165) is 5.69 Å². The maximum atomic E-state index is 12.5. The molecule has 0 bridgehead atoms. The highest BCUT2D eigenvalue weighted by atomic mass is 16.2. The molecule has 0 fully saturated rings. The van der Waals surface area contributed by atoms with Crippen molar-refractivity contribution in [3.63, 3.8) is 0 Å². The summed E-state index contributed by atoms with van der Waals surface area (Å²) in [7, 11) is 0. The van der Waals surface area contributed by atoms with Crippen LogP contribution in [0.25, 0.3) is 0 Å². The van der Waals surface area contributed by atoms with Gasteiger partial charge in [-0.3, -0.25) is 14.8 Å². The van der Waals surface area contributed by atoms with Crippen molar-refractivity contribution >= 4 is 5.91 Å². The van der Waals surface area contributed by atoms with Gasteiger partial charge in [0.05, 0.1) is 23.8 Å². The molecule has 122 valence electrons. The third-order valence-corrected chi connectivity index (χ3v) is 3.59. The van der Waals surface area contributed by atoms with E-state index in [2.05, 4.69) is 25.3 Å². The van der Waals surface area contributed by atoms with Crippen molar-refractivity contribution in [1.82, 2.24) is 25.3 Å². The summed E-state index contributed by atoms with van der Waals surface area (Å²) in [6, 6.07) is 9.94. The van der Waals surface area contributed by atoms with E-state index in [1.807, 2.05) is 36.4 Å². The van der Waals surface area contributed by atoms with Crippen molar-refractivity contribution in [2.45, 2.75) is 18.5 Å². The Labute approximate surface area is 139 Å². The van der Waals surface area contributed by atoms with Crippen molar-refractivity contribution < 1.29 is 4.79 Å². The molecule has 1 atom stereocenters. The van der Waals surface area contributed by atoms with Gasteiger partial charge >= 0.3 is 0 Å². The highest BCUT2D eigenvalue weighted by molar-refractivity contribution is 5.82. The predicted molar refractivity (Wildman–Crippen MR) is 88.7 cm³/mol. The number of aromatic nitrogens is 4. The fourth-order valence-corrected chi connectivity index (χ4v) is 2.37. The number of nitrogens with two attached hydrogens (primary N) is 1. The minimum atomic E-state index is -0.694. The van der Waals surface area contributed by atoms with Crippen LogP contribution in [0.1, 0.15) is 23.1 Å².